The average molecular weight is 300 g/mol. The summed E-state index contributed by atoms with van der Waals surface area (Å²) in [5, 5.41) is 3.84. The van der Waals surface area contributed by atoms with Crippen molar-refractivity contribution in [2.75, 3.05) is 12.0 Å². The maximum atomic E-state index is 13.1. The van der Waals surface area contributed by atoms with Crippen LogP contribution >= 0.6 is 11.8 Å². The van der Waals surface area contributed by atoms with Gasteiger partial charge >= 0.3 is 0 Å². The van der Waals surface area contributed by atoms with Gasteiger partial charge in [-0.25, -0.2) is 4.39 Å². The number of nitrogens with two attached hydrogens (primary N) is 1. The van der Waals surface area contributed by atoms with E-state index in [9.17, 15) is 4.39 Å². The molecule has 0 spiro atoms. The maximum absolute atomic E-state index is 13.1. The molecule has 0 saturated carbocycles. The molecule has 3 rings (SSSR count). The molecule has 0 fully saturated rings. The Morgan fingerprint density at radius 3 is 2.24 bits per heavy atom. The summed E-state index contributed by atoms with van der Waals surface area (Å²) < 4.78 is 18.4. The summed E-state index contributed by atoms with van der Waals surface area (Å²) in [7, 11) is 0. The number of benzene rings is 2. The molecule has 21 heavy (non-hydrogen) atoms. The van der Waals surface area contributed by atoms with Crippen molar-refractivity contribution in [3.05, 3.63) is 54.3 Å². The SMILES string of the molecule is CSc1ccc(-c2onc(N)c2-c2ccc(F)cc2)cc1. The van der Waals surface area contributed by atoms with Gasteiger partial charge in [-0.05, 0) is 48.2 Å². The zero-order valence-electron chi connectivity index (χ0n) is 11.3. The smallest absolute Gasteiger partial charge is 0.176 e. The largest absolute Gasteiger partial charge is 0.380 e. The molecule has 0 aliphatic rings. The lowest BCUT2D eigenvalue weighted by molar-refractivity contribution is 0.436. The van der Waals surface area contributed by atoms with Crippen molar-refractivity contribution in [2.24, 2.45) is 0 Å². The zero-order valence-corrected chi connectivity index (χ0v) is 12.2. The van der Waals surface area contributed by atoms with Crippen LogP contribution in [0.1, 0.15) is 0 Å². The van der Waals surface area contributed by atoms with Crippen LogP contribution in [-0.4, -0.2) is 11.4 Å². The van der Waals surface area contributed by atoms with Crippen molar-refractivity contribution in [3.8, 4) is 22.5 Å². The molecule has 3 aromatic rings. The van der Waals surface area contributed by atoms with Gasteiger partial charge in [-0.3, -0.25) is 0 Å². The first kappa shape index (κ1) is 13.7. The number of halogens is 1. The van der Waals surface area contributed by atoms with Gasteiger partial charge in [0.15, 0.2) is 11.6 Å². The quantitative estimate of drug-likeness (QED) is 0.726. The average Bonchev–Trinajstić information content (AvgIpc) is 2.90. The minimum Gasteiger partial charge on any atom is -0.380 e. The molecule has 1 aromatic heterocycles. The van der Waals surface area contributed by atoms with E-state index >= 15 is 0 Å². The Labute approximate surface area is 126 Å². The van der Waals surface area contributed by atoms with Gasteiger partial charge in [-0.2, -0.15) is 0 Å². The molecule has 2 aromatic carbocycles. The van der Waals surface area contributed by atoms with Gasteiger partial charge in [0.1, 0.15) is 5.82 Å². The lowest BCUT2D eigenvalue weighted by Gasteiger charge is -2.04. The molecular weight excluding hydrogens is 287 g/mol. The highest BCUT2D eigenvalue weighted by Gasteiger charge is 2.17. The second-order valence-corrected chi connectivity index (χ2v) is 5.39. The van der Waals surface area contributed by atoms with E-state index in [1.165, 1.54) is 12.1 Å². The predicted octanol–water partition coefficient (Wildman–Crippen LogP) is 4.45. The summed E-state index contributed by atoms with van der Waals surface area (Å²) in [5.41, 5.74) is 8.25. The number of thioether (sulfide) groups is 1. The van der Waals surface area contributed by atoms with Crippen molar-refractivity contribution >= 4 is 17.6 Å². The van der Waals surface area contributed by atoms with Crippen molar-refractivity contribution in [3.63, 3.8) is 0 Å². The van der Waals surface area contributed by atoms with Crippen LogP contribution < -0.4 is 5.73 Å². The molecule has 0 saturated heterocycles. The third-order valence-electron chi connectivity index (χ3n) is 3.20. The van der Waals surface area contributed by atoms with E-state index in [-0.39, 0.29) is 5.82 Å². The van der Waals surface area contributed by atoms with E-state index in [0.717, 1.165) is 16.0 Å². The van der Waals surface area contributed by atoms with Gasteiger partial charge in [0.05, 0.1) is 5.56 Å². The first-order valence-corrected chi connectivity index (χ1v) is 7.57. The molecule has 2 N–H and O–H groups in total. The Hall–Kier alpha value is -2.27. The molecule has 0 unspecified atom stereocenters. The second kappa shape index (κ2) is 5.61. The molecule has 0 aliphatic carbocycles. The predicted molar refractivity (Wildman–Crippen MR) is 83.5 cm³/mol. The Balaban J connectivity index is 2.09. The Bertz CT molecular complexity index is 751. The van der Waals surface area contributed by atoms with Gasteiger partial charge in [-0.1, -0.05) is 17.3 Å². The zero-order chi connectivity index (χ0) is 14.8. The van der Waals surface area contributed by atoms with Crippen LogP contribution in [0.5, 0.6) is 0 Å². The highest BCUT2D eigenvalue weighted by atomic mass is 32.2. The van der Waals surface area contributed by atoms with Crippen LogP contribution in [0.4, 0.5) is 10.2 Å². The van der Waals surface area contributed by atoms with Gasteiger partial charge in [-0.15, -0.1) is 11.8 Å². The van der Waals surface area contributed by atoms with E-state index in [1.54, 1.807) is 23.9 Å². The lowest BCUT2D eigenvalue weighted by Crippen LogP contribution is -1.89. The standard InChI is InChI=1S/C16H13FN2OS/c1-21-13-8-4-11(5-9-13)15-14(16(18)19-20-15)10-2-6-12(17)7-3-10/h2-9H,1H3,(H2,18,19). The van der Waals surface area contributed by atoms with Crippen molar-refractivity contribution in [2.45, 2.75) is 4.90 Å². The van der Waals surface area contributed by atoms with Crippen LogP contribution in [0, 0.1) is 5.82 Å². The topological polar surface area (TPSA) is 52.0 Å². The van der Waals surface area contributed by atoms with E-state index in [4.69, 9.17) is 10.3 Å². The minimum absolute atomic E-state index is 0.292. The first-order chi connectivity index (χ1) is 10.2. The summed E-state index contributed by atoms with van der Waals surface area (Å²) in [5.74, 6) is 0.594. The van der Waals surface area contributed by atoms with Gasteiger partial charge < -0.3 is 10.3 Å². The maximum Gasteiger partial charge on any atom is 0.176 e. The molecule has 0 atom stereocenters. The van der Waals surface area contributed by atoms with Crippen LogP contribution in [-0.2, 0) is 0 Å². The highest BCUT2D eigenvalue weighted by Crippen LogP contribution is 2.37. The van der Waals surface area contributed by atoms with Crippen LogP contribution in [0.25, 0.3) is 22.5 Å². The molecule has 3 nitrogen and oxygen atoms in total. The number of aromatic nitrogens is 1. The van der Waals surface area contributed by atoms with E-state index in [0.29, 0.717) is 17.1 Å². The summed E-state index contributed by atoms with van der Waals surface area (Å²) in [4.78, 5) is 1.16. The van der Waals surface area contributed by atoms with Gasteiger partial charge in [0.2, 0.25) is 0 Å². The molecule has 0 bridgehead atoms. The molecule has 0 radical (unpaired) electrons. The third kappa shape index (κ3) is 2.64. The third-order valence-corrected chi connectivity index (χ3v) is 3.95. The fraction of sp³-hybridized carbons (Fsp3) is 0.0625. The normalized spacial score (nSPS) is 10.8. The fourth-order valence-corrected chi connectivity index (χ4v) is 2.55. The monoisotopic (exact) mass is 300 g/mol. The lowest BCUT2D eigenvalue weighted by atomic mass is 10.0. The van der Waals surface area contributed by atoms with Crippen LogP contribution in [0.15, 0.2) is 57.9 Å². The minimum atomic E-state index is -0.292. The number of nitrogen functional groups attached to an aromatic ring is 1. The van der Waals surface area contributed by atoms with E-state index < -0.39 is 0 Å². The van der Waals surface area contributed by atoms with Gasteiger partial charge in [0.25, 0.3) is 0 Å². The summed E-state index contributed by atoms with van der Waals surface area (Å²) in [6, 6.07) is 14.0. The molecule has 0 amide bonds. The van der Waals surface area contributed by atoms with Crippen LogP contribution in [0.3, 0.4) is 0 Å². The van der Waals surface area contributed by atoms with Crippen molar-refractivity contribution in [1.82, 2.24) is 5.16 Å². The summed E-state index contributed by atoms with van der Waals surface area (Å²) in [6.45, 7) is 0. The number of rotatable bonds is 3. The summed E-state index contributed by atoms with van der Waals surface area (Å²) >= 11 is 1.67. The summed E-state index contributed by atoms with van der Waals surface area (Å²) in [6.07, 6.45) is 2.02. The number of anilines is 1. The number of hydrogen-bond acceptors (Lipinski definition) is 4. The molecule has 5 heteroatoms. The molecule has 106 valence electrons. The molecule has 0 aliphatic heterocycles. The Morgan fingerprint density at radius 2 is 1.62 bits per heavy atom. The van der Waals surface area contributed by atoms with E-state index in [1.807, 2.05) is 30.5 Å². The molecule has 1 heterocycles. The fourth-order valence-electron chi connectivity index (χ4n) is 2.14. The highest BCUT2D eigenvalue weighted by molar-refractivity contribution is 7.98. The van der Waals surface area contributed by atoms with Gasteiger partial charge in [0, 0.05) is 10.5 Å². The second-order valence-electron chi connectivity index (χ2n) is 4.51. The van der Waals surface area contributed by atoms with Crippen molar-refractivity contribution < 1.29 is 8.91 Å². The first-order valence-electron chi connectivity index (χ1n) is 6.34. The van der Waals surface area contributed by atoms with E-state index in [2.05, 4.69) is 5.16 Å². The number of nitrogens with zero attached hydrogens (tertiary/aromatic N) is 1. The Morgan fingerprint density at radius 1 is 1.00 bits per heavy atom. The Kier molecular flexibility index (Phi) is 3.66. The van der Waals surface area contributed by atoms with Crippen LogP contribution in [0.2, 0.25) is 0 Å². The molecular formula is C16H13FN2OS. The number of hydrogen-bond donors (Lipinski definition) is 1. The van der Waals surface area contributed by atoms with Crippen molar-refractivity contribution in [1.29, 1.82) is 0 Å².